The van der Waals surface area contributed by atoms with E-state index in [-0.39, 0.29) is 11.9 Å². The molecule has 1 aliphatic heterocycles. The first-order valence-corrected chi connectivity index (χ1v) is 7.18. The second-order valence-electron chi connectivity index (χ2n) is 5.67. The monoisotopic (exact) mass is 290 g/mol. The minimum absolute atomic E-state index is 0.193. The molecule has 1 aromatic carbocycles. The van der Waals surface area contributed by atoms with Gasteiger partial charge in [0.1, 0.15) is 5.82 Å². The lowest BCUT2D eigenvalue weighted by molar-refractivity contribution is 0.150. The van der Waals surface area contributed by atoms with Crippen molar-refractivity contribution >= 4 is 0 Å². The van der Waals surface area contributed by atoms with Crippen LogP contribution in [0.15, 0.2) is 28.7 Å². The van der Waals surface area contributed by atoms with Crippen LogP contribution in [0.3, 0.4) is 0 Å². The Kier molecular flexibility index (Phi) is 3.98. The number of nitrogens with two attached hydrogens (primary N) is 1. The van der Waals surface area contributed by atoms with E-state index in [4.69, 9.17) is 10.2 Å². The van der Waals surface area contributed by atoms with Gasteiger partial charge in [-0.25, -0.2) is 4.39 Å². The summed E-state index contributed by atoms with van der Waals surface area (Å²) in [7, 11) is 0. The molecule has 1 aliphatic rings. The van der Waals surface area contributed by atoms with E-state index in [9.17, 15) is 4.39 Å². The zero-order valence-electron chi connectivity index (χ0n) is 12.0. The maximum Gasteiger partial charge on any atom is 0.247 e. The van der Waals surface area contributed by atoms with Gasteiger partial charge in [0.05, 0.1) is 6.54 Å². The fraction of sp³-hybridized carbons (Fsp3) is 0.467. The van der Waals surface area contributed by atoms with Crippen LogP contribution in [-0.2, 0) is 6.54 Å². The molecule has 0 bridgehead atoms. The van der Waals surface area contributed by atoms with Crippen molar-refractivity contribution < 1.29 is 8.81 Å². The van der Waals surface area contributed by atoms with Crippen LogP contribution in [-0.4, -0.2) is 34.2 Å². The summed E-state index contributed by atoms with van der Waals surface area (Å²) in [5.41, 5.74) is 6.81. The first-order valence-electron chi connectivity index (χ1n) is 7.18. The first kappa shape index (κ1) is 14.2. The Balaban J connectivity index is 1.66. The van der Waals surface area contributed by atoms with Crippen LogP contribution < -0.4 is 5.73 Å². The number of benzene rings is 1. The van der Waals surface area contributed by atoms with Gasteiger partial charge in [0.2, 0.25) is 11.8 Å². The Morgan fingerprint density at radius 1 is 1.33 bits per heavy atom. The van der Waals surface area contributed by atoms with E-state index >= 15 is 0 Å². The largest absolute Gasteiger partial charge is 0.419 e. The topological polar surface area (TPSA) is 68.2 Å². The van der Waals surface area contributed by atoms with Gasteiger partial charge >= 0.3 is 0 Å². The summed E-state index contributed by atoms with van der Waals surface area (Å²) >= 11 is 0. The molecule has 1 fully saturated rings. The minimum atomic E-state index is -0.282. The molecule has 2 unspecified atom stereocenters. The normalized spacial score (nSPS) is 23.4. The number of hydrogen-bond donors (Lipinski definition) is 1. The van der Waals surface area contributed by atoms with Crippen molar-refractivity contribution in [2.24, 2.45) is 11.7 Å². The maximum atomic E-state index is 12.9. The number of nitrogens with zero attached hydrogens (tertiary/aromatic N) is 3. The summed E-state index contributed by atoms with van der Waals surface area (Å²) in [4.78, 5) is 2.23. The van der Waals surface area contributed by atoms with E-state index in [2.05, 4.69) is 22.0 Å². The third-order valence-corrected chi connectivity index (χ3v) is 4.02. The molecule has 6 heteroatoms. The molecule has 1 aromatic heterocycles. The van der Waals surface area contributed by atoms with Crippen LogP contribution in [0.25, 0.3) is 11.5 Å². The summed E-state index contributed by atoms with van der Waals surface area (Å²) in [6.07, 6.45) is 1.08. The Morgan fingerprint density at radius 3 is 2.81 bits per heavy atom. The van der Waals surface area contributed by atoms with Gasteiger partial charge in [-0.05, 0) is 43.1 Å². The molecule has 2 aromatic rings. The van der Waals surface area contributed by atoms with Crippen molar-refractivity contribution in [2.45, 2.75) is 25.9 Å². The van der Waals surface area contributed by atoms with Crippen LogP contribution in [0.4, 0.5) is 4.39 Å². The van der Waals surface area contributed by atoms with Gasteiger partial charge in [-0.1, -0.05) is 6.92 Å². The molecule has 0 spiro atoms. The Labute approximate surface area is 123 Å². The van der Waals surface area contributed by atoms with Crippen molar-refractivity contribution in [1.29, 1.82) is 0 Å². The van der Waals surface area contributed by atoms with Crippen LogP contribution in [0.1, 0.15) is 19.2 Å². The number of rotatable bonds is 3. The number of halogens is 1. The smallest absolute Gasteiger partial charge is 0.247 e. The zero-order chi connectivity index (χ0) is 14.8. The van der Waals surface area contributed by atoms with Gasteiger partial charge < -0.3 is 10.2 Å². The standard InChI is InChI=1S/C15H19FN4O/c1-10-6-7-20(8-13(10)17)9-14-18-19-15(21-14)11-2-4-12(16)5-3-11/h2-5,10,13H,6-9,17H2,1H3. The highest BCUT2D eigenvalue weighted by Gasteiger charge is 2.24. The molecule has 0 aliphatic carbocycles. The third kappa shape index (κ3) is 3.28. The lowest BCUT2D eigenvalue weighted by Crippen LogP contribution is -2.47. The molecule has 5 nitrogen and oxygen atoms in total. The minimum Gasteiger partial charge on any atom is -0.419 e. The number of likely N-dealkylation sites (tertiary alicyclic amines) is 1. The third-order valence-electron chi connectivity index (χ3n) is 4.02. The lowest BCUT2D eigenvalue weighted by Gasteiger charge is -2.34. The van der Waals surface area contributed by atoms with E-state index < -0.39 is 0 Å². The highest BCUT2D eigenvalue weighted by atomic mass is 19.1. The number of piperidine rings is 1. The number of hydrogen-bond acceptors (Lipinski definition) is 5. The van der Waals surface area contributed by atoms with E-state index in [0.717, 1.165) is 25.1 Å². The average Bonchev–Trinajstić information content (AvgIpc) is 2.92. The fourth-order valence-corrected chi connectivity index (χ4v) is 2.53. The second kappa shape index (κ2) is 5.91. The van der Waals surface area contributed by atoms with Gasteiger partial charge in [-0.2, -0.15) is 0 Å². The van der Waals surface area contributed by atoms with Crippen molar-refractivity contribution in [3.63, 3.8) is 0 Å². The van der Waals surface area contributed by atoms with Crippen LogP contribution in [0.2, 0.25) is 0 Å². The Hall–Kier alpha value is -1.79. The molecule has 112 valence electrons. The van der Waals surface area contributed by atoms with E-state index in [0.29, 0.717) is 24.2 Å². The van der Waals surface area contributed by atoms with Gasteiger partial charge in [-0.3, -0.25) is 4.90 Å². The average molecular weight is 290 g/mol. The van der Waals surface area contributed by atoms with Crippen LogP contribution in [0.5, 0.6) is 0 Å². The molecule has 1 saturated heterocycles. The summed E-state index contributed by atoms with van der Waals surface area (Å²) in [5, 5.41) is 8.08. The van der Waals surface area contributed by atoms with Gasteiger partial charge in [0, 0.05) is 18.2 Å². The first-order chi connectivity index (χ1) is 10.1. The van der Waals surface area contributed by atoms with Crippen LogP contribution >= 0.6 is 0 Å². The zero-order valence-corrected chi connectivity index (χ0v) is 12.0. The summed E-state index contributed by atoms with van der Waals surface area (Å²) in [5.74, 6) is 1.25. The predicted molar refractivity (Wildman–Crippen MR) is 76.7 cm³/mol. The van der Waals surface area contributed by atoms with Crippen molar-refractivity contribution in [3.05, 3.63) is 36.0 Å². The summed E-state index contributed by atoms with van der Waals surface area (Å²) < 4.78 is 18.5. The molecular weight excluding hydrogens is 271 g/mol. The van der Waals surface area contributed by atoms with Gasteiger partial charge in [0.25, 0.3) is 0 Å². The molecule has 2 N–H and O–H groups in total. The predicted octanol–water partition coefficient (Wildman–Crippen LogP) is 2.04. The molecule has 21 heavy (non-hydrogen) atoms. The molecule has 0 saturated carbocycles. The molecule has 0 amide bonds. The molecular formula is C15H19FN4O. The van der Waals surface area contributed by atoms with Gasteiger partial charge in [-0.15, -0.1) is 10.2 Å². The quantitative estimate of drug-likeness (QED) is 0.937. The van der Waals surface area contributed by atoms with E-state index in [1.54, 1.807) is 12.1 Å². The summed E-state index contributed by atoms with van der Waals surface area (Å²) in [6, 6.07) is 6.21. The van der Waals surface area contributed by atoms with Gasteiger partial charge in [0.15, 0.2) is 0 Å². The molecule has 0 radical (unpaired) electrons. The van der Waals surface area contributed by atoms with E-state index in [1.165, 1.54) is 12.1 Å². The summed E-state index contributed by atoms with van der Waals surface area (Å²) in [6.45, 7) is 4.62. The Morgan fingerprint density at radius 2 is 2.10 bits per heavy atom. The van der Waals surface area contributed by atoms with E-state index in [1.807, 2.05) is 0 Å². The Bertz CT molecular complexity index is 598. The highest BCUT2D eigenvalue weighted by Crippen LogP contribution is 2.21. The second-order valence-corrected chi connectivity index (χ2v) is 5.67. The maximum absolute atomic E-state index is 12.9. The molecule has 2 atom stereocenters. The fourth-order valence-electron chi connectivity index (χ4n) is 2.53. The van der Waals surface area contributed by atoms with Crippen molar-refractivity contribution in [1.82, 2.24) is 15.1 Å². The van der Waals surface area contributed by atoms with Crippen molar-refractivity contribution in [3.8, 4) is 11.5 Å². The van der Waals surface area contributed by atoms with Crippen LogP contribution in [0, 0.1) is 11.7 Å². The molecule has 3 rings (SSSR count). The lowest BCUT2D eigenvalue weighted by atomic mass is 9.94. The number of aromatic nitrogens is 2. The molecule has 2 heterocycles. The van der Waals surface area contributed by atoms with Crippen molar-refractivity contribution in [2.75, 3.05) is 13.1 Å². The SMILES string of the molecule is CC1CCN(Cc2nnc(-c3ccc(F)cc3)o2)CC1N. The highest BCUT2D eigenvalue weighted by molar-refractivity contribution is 5.51.